The largest absolute Gasteiger partial charge is 0.355 e. The molecule has 0 fully saturated rings. The van der Waals surface area contributed by atoms with Gasteiger partial charge in [0.25, 0.3) is 0 Å². The molecule has 0 atom stereocenters. The van der Waals surface area contributed by atoms with Crippen LogP contribution in [0.4, 0.5) is 5.69 Å². The predicted molar refractivity (Wildman–Crippen MR) is 184 cm³/mol. The van der Waals surface area contributed by atoms with E-state index in [2.05, 4.69) is 157 Å². The first-order valence-electron chi connectivity index (χ1n) is 14.6. The van der Waals surface area contributed by atoms with Crippen molar-refractivity contribution in [3.05, 3.63) is 187 Å². The standard InChI is InChI=1S/C41H32N2/c1-29-13-9-11-19-39(42-34-14-5-3-6-15-34)37(27-30(29)2)32-23-21-31(22-24-32)33-25-26-41-38(28-33)36-18-10-12-20-40(36)43(41)35-16-7-4-8-17-35/h3-28,42H,1H2,2H3/b13-9-,19-11-,30-27+,39-37+. The van der Waals surface area contributed by atoms with Gasteiger partial charge >= 0.3 is 0 Å². The molecule has 7 rings (SSSR count). The minimum Gasteiger partial charge on any atom is -0.355 e. The number of fused-ring (bicyclic) bond motifs is 3. The summed E-state index contributed by atoms with van der Waals surface area (Å²) in [5, 5.41) is 6.15. The van der Waals surface area contributed by atoms with Gasteiger partial charge in [0.15, 0.2) is 0 Å². The molecule has 0 radical (unpaired) electrons. The van der Waals surface area contributed by atoms with Crippen LogP contribution in [0.3, 0.4) is 0 Å². The molecular formula is C41H32N2. The van der Waals surface area contributed by atoms with Crippen LogP contribution in [0.5, 0.6) is 0 Å². The lowest BCUT2D eigenvalue weighted by molar-refractivity contribution is 1.18. The molecule has 0 saturated carbocycles. The molecule has 0 spiro atoms. The van der Waals surface area contributed by atoms with Crippen LogP contribution in [0, 0.1) is 0 Å². The van der Waals surface area contributed by atoms with E-state index in [1.165, 1.54) is 38.6 Å². The van der Waals surface area contributed by atoms with E-state index in [4.69, 9.17) is 0 Å². The topological polar surface area (TPSA) is 17.0 Å². The summed E-state index contributed by atoms with van der Waals surface area (Å²) in [6.45, 7) is 6.38. The quantitative estimate of drug-likeness (QED) is 0.225. The van der Waals surface area contributed by atoms with Crippen LogP contribution in [-0.4, -0.2) is 4.57 Å². The Morgan fingerprint density at radius 3 is 2.00 bits per heavy atom. The van der Waals surface area contributed by atoms with Crippen LogP contribution in [0.1, 0.15) is 12.5 Å². The zero-order valence-electron chi connectivity index (χ0n) is 24.2. The maximum Gasteiger partial charge on any atom is 0.0541 e. The van der Waals surface area contributed by atoms with Crippen LogP contribution in [-0.2, 0) is 0 Å². The molecule has 5 aromatic carbocycles. The number of nitrogens with one attached hydrogen (secondary N) is 1. The lowest BCUT2D eigenvalue weighted by Gasteiger charge is -2.15. The smallest absolute Gasteiger partial charge is 0.0541 e. The second-order valence-corrected chi connectivity index (χ2v) is 10.9. The van der Waals surface area contributed by atoms with E-state index < -0.39 is 0 Å². The summed E-state index contributed by atoms with van der Waals surface area (Å²) in [6.07, 6.45) is 10.5. The molecule has 1 aliphatic rings. The van der Waals surface area contributed by atoms with Crippen LogP contribution in [0.2, 0.25) is 0 Å². The van der Waals surface area contributed by atoms with Gasteiger partial charge in [-0.2, -0.15) is 0 Å². The molecule has 43 heavy (non-hydrogen) atoms. The number of rotatable bonds is 5. The third kappa shape index (κ3) is 5.16. The van der Waals surface area contributed by atoms with Crippen molar-refractivity contribution in [1.82, 2.24) is 4.57 Å². The zero-order valence-corrected chi connectivity index (χ0v) is 24.2. The lowest BCUT2D eigenvalue weighted by atomic mass is 9.95. The summed E-state index contributed by atoms with van der Waals surface area (Å²) in [4.78, 5) is 0. The van der Waals surface area contributed by atoms with Crippen molar-refractivity contribution >= 4 is 33.1 Å². The SMILES string of the molecule is C=C1\C=C/C=C\C(Nc2ccccc2)=C(c2ccc(-c3ccc4c(c3)c3ccccc3n4-c3ccccc3)cc2)\C=C\1C. The van der Waals surface area contributed by atoms with Crippen molar-refractivity contribution in [2.24, 2.45) is 0 Å². The molecule has 0 amide bonds. The van der Waals surface area contributed by atoms with Crippen LogP contribution in [0.15, 0.2) is 181 Å². The van der Waals surface area contributed by atoms with E-state index >= 15 is 0 Å². The average Bonchev–Trinajstić information content (AvgIpc) is 3.41. The molecule has 6 aromatic rings. The van der Waals surface area contributed by atoms with Gasteiger partial charge in [-0.05, 0) is 89.4 Å². The summed E-state index contributed by atoms with van der Waals surface area (Å²) in [5.41, 5.74) is 12.5. The van der Waals surface area contributed by atoms with Gasteiger partial charge in [-0.15, -0.1) is 0 Å². The molecular weight excluding hydrogens is 520 g/mol. The Balaban J connectivity index is 1.32. The Labute approximate surface area is 252 Å². The van der Waals surface area contributed by atoms with E-state index in [9.17, 15) is 0 Å². The highest BCUT2D eigenvalue weighted by molar-refractivity contribution is 6.10. The average molecular weight is 553 g/mol. The number of benzene rings is 5. The number of allylic oxidation sites excluding steroid dienone is 8. The van der Waals surface area contributed by atoms with Crippen molar-refractivity contribution in [2.75, 3.05) is 5.32 Å². The number of anilines is 1. The molecule has 0 unspecified atom stereocenters. The second-order valence-electron chi connectivity index (χ2n) is 10.9. The number of hydrogen-bond donors (Lipinski definition) is 1. The van der Waals surface area contributed by atoms with Gasteiger partial charge in [0.2, 0.25) is 0 Å². The van der Waals surface area contributed by atoms with Crippen molar-refractivity contribution in [3.63, 3.8) is 0 Å². The second kappa shape index (κ2) is 11.3. The van der Waals surface area contributed by atoms with E-state index in [-0.39, 0.29) is 0 Å². The minimum absolute atomic E-state index is 1.00. The molecule has 0 aliphatic heterocycles. The Hall–Kier alpha value is -5.60. The molecule has 0 bridgehead atoms. The fourth-order valence-corrected chi connectivity index (χ4v) is 5.81. The van der Waals surface area contributed by atoms with Gasteiger partial charge in [0.1, 0.15) is 0 Å². The van der Waals surface area contributed by atoms with Crippen molar-refractivity contribution in [1.29, 1.82) is 0 Å². The Bertz CT molecular complexity index is 2080. The third-order valence-electron chi connectivity index (χ3n) is 8.10. The lowest BCUT2D eigenvalue weighted by Crippen LogP contribution is -2.01. The number of hydrogen-bond acceptors (Lipinski definition) is 1. The normalized spacial score (nSPS) is 18.0. The monoisotopic (exact) mass is 552 g/mol. The molecule has 0 saturated heterocycles. The maximum atomic E-state index is 4.26. The first kappa shape index (κ1) is 26.3. The van der Waals surface area contributed by atoms with E-state index in [1.807, 2.05) is 24.3 Å². The van der Waals surface area contributed by atoms with E-state index in [0.717, 1.165) is 33.7 Å². The molecule has 2 nitrogen and oxygen atoms in total. The minimum atomic E-state index is 1.00. The van der Waals surface area contributed by atoms with Crippen LogP contribution in [0.25, 0.3) is 44.2 Å². The number of aromatic nitrogens is 1. The number of nitrogens with zero attached hydrogens (tertiary/aromatic N) is 1. The summed E-state index contributed by atoms with van der Waals surface area (Å²) in [6, 6.07) is 45.3. The zero-order chi connectivity index (χ0) is 29.2. The molecule has 1 aliphatic carbocycles. The fraction of sp³-hybridized carbons (Fsp3) is 0.0244. The van der Waals surface area contributed by atoms with Gasteiger partial charge in [-0.1, -0.05) is 110 Å². The first-order valence-corrected chi connectivity index (χ1v) is 14.6. The third-order valence-corrected chi connectivity index (χ3v) is 8.10. The Kier molecular flexibility index (Phi) is 6.94. The number of para-hydroxylation sites is 3. The summed E-state index contributed by atoms with van der Waals surface area (Å²) < 4.78 is 2.35. The summed E-state index contributed by atoms with van der Waals surface area (Å²) >= 11 is 0. The van der Waals surface area contributed by atoms with Crippen molar-refractivity contribution in [2.45, 2.75) is 6.92 Å². The highest BCUT2D eigenvalue weighted by Crippen LogP contribution is 2.35. The molecule has 1 heterocycles. The van der Waals surface area contributed by atoms with Gasteiger partial charge in [0, 0.05) is 33.4 Å². The molecule has 1 N–H and O–H groups in total. The summed E-state index contributed by atoms with van der Waals surface area (Å²) in [7, 11) is 0. The summed E-state index contributed by atoms with van der Waals surface area (Å²) in [5.74, 6) is 0. The predicted octanol–water partition coefficient (Wildman–Crippen LogP) is 10.9. The van der Waals surface area contributed by atoms with Crippen molar-refractivity contribution < 1.29 is 0 Å². The molecule has 1 aromatic heterocycles. The highest BCUT2D eigenvalue weighted by atomic mass is 15.0. The van der Waals surface area contributed by atoms with Gasteiger partial charge in [-0.25, -0.2) is 0 Å². The Morgan fingerprint density at radius 2 is 1.21 bits per heavy atom. The first-order chi connectivity index (χ1) is 21.2. The Morgan fingerprint density at radius 1 is 0.581 bits per heavy atom. The van der Waals surface area contributed by atoms with E-state index in [0.29, 0.717) is 0 Å². The van der Waals surface area contributed by atoms with Crippen molar-refractivity contribution in [3.8, 4) is 16.8 Å². The van der Waals surface area contributed by atoms with Gasteiger partial charge in [0.05, 0.1) is 11.0 Å². The van der Waals surface area contributed by atoms with Crippen LogP contribution >= 0.6 is 0 Å². The van der Waals surface area contributed by atoms with Crippen LogP contribution < -0.4 is 5.32 Å². The highest BCUT2D eigenvalue weighted by Gasteiger charge is 2.14. The van der Waals surface area contributed by atoms with E-state index in [1.54, 1.807) is 0 Å². The fourth-order valence-electron chi connectivity index (χ4n) is 5.81. The molecule has 2 heteroatoms. The molecule has 206 valence electrons. The van der Waals surface area contributed by atoms with Gasteiger partial charge in [-0.3, -0.25) is 0 Å². The maximum absolute atomic E-state index is 4.26. The van der Waals surface area contributed by atoms with Gasteiger partial charge < -0.3 is 9.88 Å².